The predicted molar refractivity (Wildman–Crippen MR) is 97.4 cm³/mol. The van der Waals surface area contributed by atoms with Gasteiger partial charge in [-0.3, -0.25) is 5.01 Å². The molecule has 2 aromatic carbocycles. The van der Waals surface area contributed by atoms with Gasteiger partial charge in [-0.15, -0.1) is 0 Å². The summed E-state index contributed by atoms with van der Waals surface area (Å²) in [4.78, 5) is 13.0. The van der Waals surface area contributed by atoms with Gasteiger partial charge in [-0.25, -0.2) is 4.79 Å². The van der Waals surface area contributed by atoms with Gasteiger partial charge < -0.3 is 14.7 Å². The molecule has 0 bridgehead atoms. The summed E-state index contributed by atoms with van der Waals surface area (Å²) >= 11 is 0. The highest BCUT2D eigenvalue weighted by Crippen LogP contribution is 2.17. The van der Waals surface area contributed by atoms with Crippen molar-refractivity contribution in [1.82, 2.24) is 5.01 Å². The Morgan fingerprint density at radius 2 is 1.72 bits per heavy atom. The summed E-state index contributed by atoms with van der Waals surface area (Å²) in [5.41, 5.74) is 2.01. The SMILES string of the molecule is O=C(O)COc1ccccc1/C=N/N1CCN(c2ccccc2)CC1. The van der Waals surface area contributed by atoms with Crippen molar-refractivity contribution in [2.24, 2.45) is 5.10 Å². The van der Waals surface area contributed by atoms with Gasteiger partial charge in [0, 0.05) is 24.3 Å². The Hall–Kier alpha value is -3.02. The number of rotatable bonds is 6. The predicted octanol–water partition coefficient (Wildman–Crippen LogP) is 2.31. The number of ether oxygens (including phenoxy) is 1. The van der Waals surface area contributed by atoms with Crippen molar-refractivity contribution in [3.63, 3.8) is 0 Å². The van der Waals surface area contributed by atoms with E-state index in [0.29, 0.717) is 5.75 Å². The molecule has 25 heavy (non-hydrogen) atoms. The molecule has 0 radical (unpaired) electrons. The average Bonchev–Trinajstić information content (AvgIpc) is 2.66. The van der Waals surface area contributed by atoms with Gasteiger partial charge in [0.05, 0.1) is 19.3 Å². The van der Waals surface area contributed by atoms with Crippen LogP contribution in [0.4, 0.5) is 5.69 Å². The maximum Gasteiger partial charge on any atom is 0.341 e. The number of carboxylic acid groups (broad SMARTS) is 1. The molecule has 2 aromatic rings. The van der Waals surface area contributed by atoms with E-state index in [1.54, 1.807) is 12.3 Å². The molecule has 1 aliphatic heterocycles. The maximum absolute atomic E-state index is 10.7. The highest BCUT2D eigenvalue weighted by Gasteiger charge is 2.15. The second-order valence-corrected chi connectivity index (χ2v) is 5.74. The van der Waals surface area contributed by atoms with E-state index in [9.17, 15) is 4.79 Å². The molecule has 0 aliphatic carbocycles. The zero-order valence-corrected chi connectivity index (χ0v) is 13.9. The number of benzene rings is 2. The monoisotopic (exact) mass is 339 g/mol. The second kappa shape index (κ2) is 8.19. The summed E-state index contributed by atoms with van der Waals surface area (Å²) in [5.74, 6) is -0.472. The van der Waals surface area contributed by atoms with Crippen molar-refractivity contribution in [2.75, 3.05) is 37.7 Å². The number of aliphatic carboxylic acids is 1. The molecule has 6 heteroatoms. The van der Waals surface area contributed by atoms with Gasteiger partial charge in [-0.2, -0.15) is 5.10 Å². The Morgan fingerprint density at radius 1 is 1.04 bits per heavy atom. The molecule has 1 fully saturated rings. The zero-order valence-electron chi connectivity index (χ0n) is 13.9. The van der Waals surface area contributed by atoms with Crippen molar-refractivity contribution in [2.45, 2.75) is 0 Å². The van der Waals surface area contributed by atoms with E-state index < -0.39 is 5.97 Å². The van der Waals surface area contributed by atoms with Gasteiger partial charge in [0.25, 0.3) is 0 Å². The molecule has 1 heterocycles. The topological polar surface area (TPSA) is 65.4 Å². The zero-order chi connectivity index (χ0) is 17.5. The molecule has 1 aliphatic rings. The Bertz CT molecular complexity index is 726. The first kappa shape index (κ1) is 16.8. The molecule has 0 saturated carbocycles. The molecule has 1 saturated heterocycles. The number of hydrogen-bond donors (Lipinski definition) is 1. The van der Waals surface area contributed by atoms with Crippen molar-refractivity contribution in [3.05, 3.63) is 60.2 Å². The number of piperazine rings is 1. The molecule has 3 rings (SSSR count). The van der Waals surface area contributed by atoms with Crippen molar-refractivity contribution in [1.29, 1.82) is 0 Å². The fraction of sp³-hybridized carbons (Fsp3) is 0.263. The third-order valence-corrected chi connectivity index (χ3v) is 4.01. The first-order chi connectivity index (χ1) is 12.2. The maximum atomic E-state index is 10.7. The molecule has 0 unspecified atom stereocenters. The van der Waals surface area contributed by atoms with E-state index in [1.807, 2.05) is 41.4 Å². The van der Waals surface area contributed by atoms with Gasteiger partial charge in [-0.05, 0) is 24.3 Å². The first-order valence-electron chi connectivity index (χ1n) is 8.25. The van der Waals surface area contributed by atoms with Gasteiger partial charge in [-0.1, -0.05) is 30.3 Å². The third-order valence-electron chi connectivity index (χ3n) is 4.01. The lowest BCUT2D eigenvalue weighted by Gasteiger charge is -2.34. The smallest absolute Gasteiger partial charge is 0.341 e. The van der Waals surface area contributed by atoms with Crippen LogP contribution >= 0.6 is 0 Å². The van der Waals surface area contributed by atoms with Crippen LogP contribution < -0.4 is 9.64 Å². The summed E-state index contributed by atoms with van der Waals surface area (Å²) < 4.78 is 5.30. The standard InChI is InChI=1S/C19H21N3O3/c23-19(24)15-25-18-9-5-4-6-16(18)14-20-22-12-10-21(11-13-22)17-7-2-1-3-8-17/h1-9,14H,10-13,15H2,(H,23,24)/b20-14+. The summed E-state index contributed by atoms with van der Waals surface area (Å²) in [6, 6.07) is 17.7. The molecular formula is C19H21N3O3. The van der Waals surface area contributed by atoms with Crippen molar-refractivity contribution >= 4 is 17.9 Å². The lowest BCUT2D eigenvalue weighted by molar-refractivity contribution is -0.139. The minimum atomic E-state index is -0.997. The Kier molecular flexibility index (Phi) is 5.51. The number of anilines is 1. The second-order valence-electron chi connectivity index (χ2n) is 5.74. The van der Waals surface area contributed by atoms with Crippen molar-refractivity contribution < 1.29 is 14.6 Å². The van der Waals surface area contributed by atoms with E-state index in [-0.39, 0.29) is 6.61 Å². The molecule has 0 aromatic heterocycles. The number of para-hydroxylation sites is 2. The summed E-state index contributed by atoms with van der Waals surface area (Å²) in [5, 5.41) is 15.3. The number of hydrogen-bond acceptors (Lipinski definition) is 5. The lowest BCUT2D eigenvalue weighted by atomic mass is 10.2. The molecule has 0 amide bonds. The first-order valence-corrected chi connectivity index (χ1v) is 8.25. The normalized spacial score (nSPS) is 14.7. The number of nitrogens with zero attached hydrogens (tertiary/aromatic N) is 3. The largest absolute Gasteiger partial charge is 0.481 e. The number of carboxylic acids is 1. The fourth-order valence-corrected chi connectivity index (χ4v) is 2.71. The van der Waals surface area contributed by atoms with Crippen molar-refractivity contribution in [3.8, 4) is 5.75 Å². The minimum absolute atomic E-state index is 0.361. The summed E-state index contributed by atoms with van der Waals surface area (Å²) in [7, 11) is 0. The highest BCUT2D eigenvalue weighted by atomic mass is 16.5. The van der Waals surface area contributed by atoms with Gasteiger partial charge in [0.15, 0.2) is 6.61 Å². The van der Waals surface area contributed by atoms with Crippen LogP contribution in [0.25, 0.3) is 0 Å². The van der Waals surface area contributed by atoms with Crippen LogP contribution in [0.1, 0.15) is 5.56 Å². The van der Waals surface area contributed by atoms with E-state index in [2.05, 4.69) is 22.1 Å². The molecule has 6 nitrogen and oxygen atoms in total. The molecular weight excluding hydrogens is 318 g/mol. The van der Waals surface area contributed by atoms with Crippen LogP contribution in [-0.2, 0) is 4.79 Å². The Balaban J connectivity index is 1.58. The van der Waals surface area contributed by atoms with Crippen LogP contribution in [0, 0.1) is 0 Å². The van der Waals surface area contributed by atoms with Crippen LogP contribution in [-0.4, -0.2) is 55.1 Å². The van der Waals surface area contributed by atoms with Crippen LogP contribution in [0.15, 0.2) is 59.7 Å². The van der Waals surface area contributed by atoms with Gasteiger partial charge >= 0.3 is 5.97 Å². The fourth-order valence-electron chi connectivity index (χ4n) is 2.71. The molecule has 0 atom stereocenters. The highest BCUT2D eigenvalue weighted by molar-refractivity contribution is 5.83. The minimum Gasteiger partial charge on any atom is -0.481 e. The van der Waals surface area contributed by atoms with E-state index in [0.717, 1.165) is 31.7 Å². The van der Waals surface area contributed by atoms with Crippen LogP contribution in [0.2, 0.25) is 0 Å². The Labute approximate surface area is 146 Å². The molecule has 1 N–H and O–H groups in total. The van der Waals surface area contributed by atoms with Crippen LogP contribution in [0.3, 0.4) is 0 Å². The van der Waals surface area contributed by atoms with E-state index in [1.165, 1.54) is 5.69 Å². The Morgan fingerprint density at radius 3 is 2.44 bits per heavy atom. The van der Waals surface area contributed by atoms with Gasteiger partial charge in [0.1, 0.15) is 5.75 Å². The third kappa shape index (κ3) is 4.73. The van der Waals surface area contributed by atoms with Gasteiger partial charge in [0.2, 0.25) is 0 Å². The lowest BCUT2D eigenvalue weighted by Crippen LogP contribution is -2.44. The van der Waals surface area contributed by atoms with Crippen LogP contribution in [0.5, 0.6) is 5.75 Å². The summed E-state index contributed by atoms with van der Waals surface area (Å²) in [6.07, 6.45) is 1.73. The number of carbonyl (C=O) groups is 1. The summed E-state index contributed by atoms with van der Waals surface area (Å²) in [6.45, 7) is 3.14. The number of hydrazone groups is 1. The quantitative estimate of drug-likeness (QED) is 0.818. The van der Waals surface area contributed by atoms with E-state index in [4.69, 9.17) is 9.84 Å². The average molecular weight is 339 g/mol. The van der Waals surface area contributed by atoms with E-state index >= 15 is 0 Å². The molecule has 0 spiro atoms. The molecule has 130 valence electrons.